The highest BCUT2D eigenvalue weighted by Gasteiger charge is 2.41. The molecular weight excluding hydrogens is 256 g/mol. The van der Waals surface area contributed by atoms with E-state index < -0.39 is 6.29 Å². The van der Waals surface area contributed by atoms with Gasteiger partial charge in [-0.05, 0) is 11.1 Å². The number of fused-ring (bicyclic) bond motifs is 3. The minimum Gasteiger partial charge on any atom is -0.374 e. The van der Waals surface area contributed by atoms with Gasteiger partial charge in [0, 0.05) is 11.8 Å². The van der Waals surface area contributed by atoms with E-state index in [1.165, 1.54) is 0 Å². The molecule has 1 N–H and O–H groups in total. The summed E-state index contributed by atoms with van der Waals surface area (Å²) in [5, 5.41) is 10.0. The Labute approximate surface area is 119 Å². The molecule has 2 aliphatic heterocycles. The number of hydrogen-bond acceptors (Lipinski definition) is 4. The van der Waals surface area contributed by atoms with Gasteiger partial charge in [-0.15, -0.1) is 0 Å². The molecule has 0 radical (unpaired) electrons. The average molecular weight is 278 g/mol. The summed E-state index contributed by atoms with van der Waals surface area (Å²) in [4.78, 5) is 0. The first kappa shape index (κ1) is 14.0. The summed E-state index contributed by atoms with van der Waals surface area (Å²) in [6.45, 7) is 5.68. The Morgan fingerprint density at radius 2 is 1.75 bits per heavy atom. The molecule has 2 bridgehead atoms. The third kappa shape index (κ3) is 2.61. The van der Waals surface area contributed by atoms with Crippen molar-refractivity contribution in [3.63, 3.8) is 0 Å². The standard InChI is InChI=1S/C16H22O4/c1-10-14-9-18-7-12-5-3-4-6-13(12)8-19-15(10)11(2)16(17)20-14/h3-6,10-11,14-17H,7-9H2,1-2H3/t10-,11?,14?,15-,16?/m1/s1. The summed E-state index contributed by atoms with van der Waals surface area (Å²) >= 11 is 0. The van der Waals surface area contributed by atoms with Crippen LogP contribution in [0.4, 0.5) is 0 Å². The first-order chi connectivity index (χ1) is 9.66. The van der Waals surface area contributed by atoms with Gasteiger partial charge in [-0.3, -0.25) is 0 Å². The summed E-state index contributed by atoms with van der Waals surface area (Å²) in [6, 6.07) is 8.17. The molecular formula is C16H22O4. The maximum absolute atomic E-state index is 10.0. The van der Waals surface area contributed by atoms with Gasteiger partial charge in [0.05, 0.1) is 32.0 Å². The third-order valence-electron chi connectivity index (χ3n) is 4.48. The van der Waals surface area contributed by atoms with Crippen LogP contribution >= 0.6 is 0 Å². The van der Waals surface area contributed by atoms with Gasteiger partial charge in [0.2, 0.25) is 0 Å². The first-order valence-electron chi connectivity index (χ1n) is 7.26. The van der Waals surface area contributed by atoms with Crippen LogP contribution in [0.5, 0.6) is 0 Å². The second kappa shape index (κ2) is 5.82. The Kier molecular flexibility index (Phi) is 4.08. The fraction of sp³-hybridized carbons (Fsp3) is 0.625. The summed E-state index contributed by atoms with van der Waals surface area (Å²) in [5.41, 5.74) is 2.32. The van der Waals surface area contributed by atoms with Gasteiger partial charge < -0.3 is 19.3 Å². The van der Waals surface area contributed by atoms with E-state index in [2.05, 4.69) is 19.1 Å². The van der Waals surface area contributed by atoms with Gasteiger partial charge in [-0.1, -0.05) is 38.1 Å². The van der Waals surface area contributed by atoms with Crippen LogP contribution in [-0.2, 0) is 27.4 Å². The molecule has 0 amide bonds. The molecule has 2 heterocycles. The van der Waals surface area contributed by atoms with Crippen LogP contribution in [0.3, 0.4) is 0 Å². The van der Waals surface area contributed by atoms with Crippen molar-refractivity contribution in [2.45, 2.75) is 45.6 Å². The predicted molar refractivity (Wildman–Crippen MR) is 73.9 cm³/mol. The van der Waals surface area contributed by atoms with Crippen molar-refractivity contribution in [2.75, 3.05) is 6.61 Å². The highest BCUT2D eigenvalue weighted by atomic mass is 16.6. The summed E-state index contributed by atoms with van der Waals surface area (Å²) in [6.07, 6.45) is -0.908. The molecule has 1 aromatic rings. The maximum atomic E-state index is 10.0. The molecule has 5 atom stereocenters. The van der Waals surface area contributed by atoms with Gasteiger partial charge in [0.15, 0.2) is 6.29 Å². The zero-order chi connectivity index (χ0) is 14.1. The normalized spacial score (nSPS) is 38.0. The van der Waals surface area contributed by atoms with Crippen LogP contribution in [-0.4, -0.2) is 30.2 Å². The molecule has 0 aliphatic carbocycles. The molecule has 0 saturated carbocycles. The lowest BCUT2D eigenvalue weighted by atomic mass is 9.85. The second-order valence-corrected chi connectivity index (χ2v) is 5.84. The van der Waals surface area contributed by atoms with E-state index in [0.29, 0.717) is 19.8 Å². The molecule has 2 aliphatic rings. The fourth-order valence-electron chi connectivity index (χ4n) is 3.08. The molecule has 0 spiro atoms. The van der Waals surface area contributed by atoms with Crippen LogP contribution in [0.2, 0.25) is 0 Å². The summed E-state index contributed by atoms with van der Waals surface area (Å²) < 4.78 is 17.6. The van der Waals surface area contributed by atoms with Crippen LogP contribution < -0.4 is 0 Å². The highest BCUT2D eigenvalue weighted by molar-refractivity contribution is 5.26. The number of hydrogen-bond donors (Lipinski definition) is 1. The Balaban J connectivity index is 1.86. The number of rotatable bonds is 0. The van der Waals surface area contributed by atoms with Gasteiger partial charge in [0.25, 0.3) is 0 Å². The van der Waals surface area contributed by atoms with Crippen LogP contribution in [0.15, 0.2) is 24.3 Å². The number of benzene rings is 1. The molecule has 110 valence electrons. The number of aliphatic hydroxyl groups is 1. The van der Waals surface area contributed by atoms with Crippen molar-refractivity contribution in [3.8, 4) is 0 Å². The Morgan fingerprint density at radius 1 is 1.05 bits per heavy atom. The van der Waals surface area contributed by atoms with Crippen molar-refractivity contribution in [3.05, 3.63) is 35.4 Å². The lowest BCUT2D eigenvalue weighted by molar-refractivity contribution is -0.262. The Bertz CT molecular complexity index is 462. The molecule has 0 aromatic heterocycles. The van der Waals surface area contributed by atoms with Crippen molar-refractivity contribution in [1.29, 1.82) is 0 Å². The monoisotopic (exact) mass is 278 g/mol. The van der Waals surface area contributed by atoms with E-state index >= 15 is 0 Å². The van der Waals surface area contributed by atoms with Gasteiger partial charge in [-0.2, -0.15) is 0 Å². The molecule has 3 unspecified atom stereocenters. The van der Waals surface area contributed by atoms with Crippen LogP contribution in [0, 0.1) is 11.8 Å². The summed E-state index contributed by atoms with van der Waals surface area (Å²) in [7, 11) is 0. The Morgan fingerprint density at radius 3 is 2.50 bits per heavy atom. The predicted octanol–water partition coefficient (Wildman–Crippen LogP) is 2.09. The second-order valence-electron chi connectivity index (χ2n) is 5.84. The zero-order valence-electron chi connectivity index (χ0n) is 12.0. The smallest absolute Gasteiger partial charge is 0.160 e. The lowest BCUT2D eigenvalue weighted by Crippen LogP contribution is -2.51. The van der Waals surface area contributed by atoms with Gasteiger partial charge >= 0.3 is 0 Å². The van der Waals surface area contributed by atoms with Crippen molar-refractivity contribution >= 4 is 0 Å². The number of aliphatic hydroxyl groups excluding tert-OH is 1. The van der Waals surface area contributed by atoms with Gasteiger partial charge in [0.1, 0.15) is 0 Å². The molecule has 4 nitrogen and oxygen atoms in total. The minimum absolute atomic E-state index is 0.0153. The third-order valence-corrected chi connectivity index (χ3v) is 4.48. The zero-order valence-corrected chi connectivity index (χ0v) is 12.0. The topological polar surface area (TPSA) is 47.9 Å². The first-order valence-corrected chi connectivity index (χ1v) is 7.26. The van der Waals surface area contributed by atoms with Crippen molar-refractivity contribution in [2.24, 2.45) is 11.8 Å². The fourth-order valence-corrected chi connectivity index (χ4v) is 3.08. The molecule has 1 fully saturated rings. The molecule has 4 heteroatoms. The Hall–Kier alpha value is -0.940. The van der Waals surface area contributed by atoms with E-state index in [0.717, 1.165) is 11.1 Å². The molecule has 20 heavy (non-hydrogen) atoms. The largest absolute Gasteiger partial charge is 0.374 e. The molecule has 1 aromatic carbocycles. The van der Waals surface area contributed by atoms with Gasteiger partial charge in [-0.25, -0.2) is 0 Å². The maximum Gasteiger partial charge on any atom is 0.160 e. The SMILES string of the molecule is CC1C(O)OC2COCc3ccccc3CO[C@@H]1[C@@H]2C. The van der Waals surface area contributed by atoms with Crippen LogP contribution in [0.1, 0.15) is 25.0 Å². The quantitative estimate of drug-likeness (QED) is 0.789. The molecule has 3 rings (SSSR count). The van der Waals surface area contributed by atoms with E-state index in [1.54, 1.807) is 0 Å². The highest BCUT2D eigenvalue weighted by Crippen LogP contribution is 2.33. The van der Waals surface area contributed by atoms with E-state index in [1.807, 2.05) is 19.1 Å². The van der Waals surface area contributed by atoms with Crippen LogP contribution in [0.25, 0.3) is 0 Å². The van der Waals surface area contributed by atoms with Crippen molar-refractivity contribution < 1.29 is 19.3 Å². The average Bonchev–Trinajstić information content (AvgIpc) is 2.45. The van der Waals surface area contributed by atoms with E-state index in [-0.39, 0.29) is 24.0 Å². The summed E-state index contributed by atoms with van der Waals surface area (Å²) in [5.74, 6) is 0.173. The van der Waals surface area contributed by atoms with E-state index in [4.69, 9.17) is 14.2 Å². The lowest BCUT2D eigenvalue weighted by Gasteiger charge is -2.43. The van der Waals surface area contributed by atoms with E-state index in [9.17, 15) is 5.11 Å². The number of ether oxygens (including phenoxy) is 3. The minimum atomic E-state index is -0.778. The van der Waals surface area contributed by atoms with Crippen molar-refractivity contribution in [1.82, 2.24) is 0 Å². The molecule has 1 saturated heterocycles.